The molecule has 0 saturated carbocycles. The summed E-state index contributed by atoms with van der Waals surface area (Å²) in [5.74, 6) is 0.631. The van der Waals surface area contributed by atoms with Gasteiger partial charge in [0.05, 0.1) is 0 Å². The predicted octanol–water partition coefficient (Wildman–Crippen LogP) is 2.43. The van der Waals surface area contributed by atoms with Crippen molar-refractivity contribution in [1.82, 2.24) is 10.6 Å². The molecule has 21 heavy (non-hydrogen) atoms. The van der Waals surface area contributed by atoms with Gasteiger partial charge in [0.1, 0.15) is 5.75 Å². The molecule has 2 aliphatic rings. The summed E-state index contributed by atoms with van der Waals surface area (Å²) in [7, 11) is 0. The van der Waals surface area contributed by atoms with Crippen molar-refractivity contribution in [2.75, 3.05) is 6.61 Å². The number of carbonyl (C=O) groups is 1. The molecule has 0 aromatic heterocycles. The Morgan fingerprint density at radius 2 is 2.10 bits per heavy atom. The van der Waals surface area contributed by atoms with Gasteiger partial charge in [-0.05, 0) is 56.4 Å². The molecule has 1 aromatic carbocycles. The van der Waals surface area contributed by atoms with Gasteiger partial charge in [-0.1, -0.05) is 11.6 Å². The predicted molar refractivity (Wildman–Crippen MR) is 82.8 cm³/mol. The van der Waals surface area contributed by atoms with E-state index in [0.717, 1.165) is 18.4 Å². The summed E-state index contributed by atoms with van der Waals surface area (Å²) in [6.07, 6.45) is 4.53. The first-order valence-electron chi connectivity index (χ1n) is 7.54. The highest BCUT2D eigenvalue weighted by Crippen LogP contribution is 2.26. The molecule has 2 heterocycles. The largest absolute Gasteiger partial charge is 0.484 e. The monoisotopic (exact) mass is 308 g/mol. The van der Waals surface area contributed by atoms with Crippen LogP contribution in [0.5, 0.6) is 5.75 Å². The number of benzene rings is 1. The minimum Gasteiger partial charge on any atom is -0.484 e. The van der Waals surface area contributed by atoms with E-state index in [1.807, 2.05) is 13.0 Å². The molecule has 1 aromatic rings. The minimum absolute atomic E-state index is 0.0473. The lowest BCUT2D eigenvalue weighted by molar-refractivity contribution is -0.124. The first-order valence-corrected chi connectivity index (χ1v) is 7.92. The zero-order valence-electron chi connectivity index (χ0n) is 12.2. The molecule has 2 N–H and O–H groups in total. The Morgan fingerprint density at radius 3 is 2.76 bits per heavy atom. The molecule has 0 radical (unpaired) electrons. The number of hydrogen-bond acceptors (Lipinski definition) is 3. The third-order valence-electron chi connectivity index (χ3n) is 4.34. The van der Waals surface area contributed by atoms with Gasteiger partial charge in [0.15, 0.2) is 6.61 Å². The van der Waals surface area contributed by atoms with Crippen LogP contribution in [0.25, 0.3) is 0 Å². The van der Waals surface area contributed by atoms with Crippen LogP contribution in [0.4, 0.5) is 0 Å². The van der Waals surface area contributed by atoms with Crippen molar-refractivity contribution in [1.29, 1.82) is 0 Å². The molecule has 2 saturated heterocycles. The molecule has 0 aliphatic carbocycles. The van der Waals surface area contributed by atoms with E-state index in [2.05, 4.69) is 10.6 Å². The quantitative estimate of drug-likeness (QED) is 0.898. The second-order valence-electron chi connectivity index (χ2n) is 6.07. The van der Waals surface area contributed by atoms with E-state index in [4.69, 9.17) is 16.3 Å². The van der Waals surface area contributed by atoms with Crippen LogP contribution in [-0.4, -0.2) is 30.6 Å². The van der Waals surface area contributed by atoms with Gasteiger partial charge in [-0.3, -0.25) is 4.79 Å². The first kappa shape index (κ1) is 14.7. The molecule has 114 valence electrons. The van der Waals surface area contributed by atoms with Crippen molar-refractivity contribution in [2.24, 2.45) is 0 Å². The molecular weight excluding hydrogens is 288 g/mol. The SMILES string of the molecule is Cc1cc(OCC(=O)NC2CC3CCC(C2)N3)ccc1Cl. The number of carbonyl (C=O) groups excluding carboxylic acids is 1. The highest BCUT2D eigenvalue weighted by atomic mass is 35.5. The van der Waals surface area contributed by atoms with Crippen molar-refractivity contribution >= 4 is 17.5 Å². The number of aryl methyl sites for hydroxylation is 1. The molecule has 2 aliphatic heterocycles. The molecule has 2 bridgehead atoms. The minimum atomic E-state index is -0.0473. The summed E-state index contributed by atoms with van der Waals surface area (Å²) in [6, 6.07) is 6.86. The number of rotatable bonds is 4. The van der Waals surface area contributed by atoms with Crippen LogP contribution in [0.2, 0.25) is 5.02 Å². The maximum Gasteiger partial charge on any atom is 0.258 e. The van der Waals surface area contributed by atoms with Crippen LogP contribution >= 0.6 is 11.6 Å². The Bertz CT molecular complexity index is 523. The van der Waals surface area contributed by atoms with Gasteiger partial charge in [0.2, 0.25) is 0 Å². The molecule has 4 nitrogen and oxygen atoms in total. The second-order valence-corrected chi connectivity index (χ2v) is 6.48. The normalized spacial score (nSPS) is 27.4. The van der Waals surface area contributed by atoms with Gasteiger partial charge in [0, 0.05) is 23.1 Å². The third-order valence-corrected chi connectivity index (χ3v) is 4.76. The van der Waals surface area contributed by atoms with E-state index < -0.39 is 0 Å². The zero-order valence-corrected chi connectivity index (χ0v) is 13.0. The van der Waals surface area contributed by atoms with Crippen LogP contribution in [-0.2, 0) is 4.79 Å². The Morgan fingerprint density at radius 1 is 1.38 bits per heavy atom. The lowest BCUT2D eigenvalue weighted by Crippen LogP contribution is -2.48. The van der Waals surface area contributed by atoms with E-state index in [1.54, 1.807) is 12.1 Å². The maximum atomic E-state index is 12.0. The molecule has 5 heteroatoms. The van der Waals surface area contributed by atoms with E-state index >= 15 is 0 Å². The lowest BCUT2D eigenvalue weighted by atomic mass is 10.00. The van der Waals surface area contributed by atoms with Gasteiger partial charge >= 0.3 is 0 Å². The van der Waals surface area contributed by atoms with Crippen LogP contribution in [0.3, 0.4) is 0 Å². The van der Waals surface area contributed by atoms with Gasteiger partial charge in [-0.15, -0.1) is 0 Å². The van der Waals surface area contributed by atoms with E-state index in [1.165, 1.54) is 12.8 Å². The van der Waals surface area contributed by atoms with E-state index in [0.29, 0.717) is 22.9 Å². The molecule has 0 spiro atoms. The number of hydrogen-bond donors (Lipinski definition) is 2. The average Bonchev–Trinajstić information content (AvgIpc) is 2.79. The van der Waals surface area contributed by atoms with Gasteiger partial charge in [-0.2, -0.15) is 0 Å². The summed E-state index contributed by atoms with van der Waals surface area (Å²) >= 11 is 5.96. The van der Waals surface area contributed by atoms with Crippen LogP contribution in [0.1, 0.15) is 31.2 Å². The molecule has 1 amide bonds. The van der Waals surface area contributed by atoms with Gasteiger partial charge in [0.25, 0.3) is 5.91 Å². The summed E-state index contributed by atoms with van der Waals surface area (Å²) in [5.41, 5.74) is 0.949. The fraction of sp³-hybridized carbons (Fsp3) is 0.562. The number of fused-ring (bicyclic) bond motifs is 2. The van der Waals surface area contributed by atoms with Crippen molar-refractivity contribution in [3.05, 3.63) is 28.8 Å². The van der Waals surface area contributed by atoms with E-state index in [-0.39, 0.29) is 18.6 Å². The number of amides is 1. The molecule has 2 atom stereocenters. The Balaban J connectivity index is 1.47. The molecule has 2 unspecified atom stereocenters. The van der Waals surface area contributed by atoms with Gasteiger partial charge < -0.3 is 15.4 Å². The summed E-state index contributed by atoms with van der Waals surface area (Å²) < 4.78 is 5.53. The van der Waals surface area contributed by atoms with Crippen molar-refractivity contribution in [3.63, 3.8) is 0 Å². The summed E-state index contributed by atoms with van der Waals surface area (Å²) in [5, 5.41) is 7.36. The third kappa shape index (κ3) is 3.69. The zero-order chi connectivity index (χ0) is 14.8. The first-order chi connectivity index (χ1) is 10.1. The molecular formula is C16H21ClN2O2. The van der Waals surface area contributed by atoms with E-state index in [9.17, 15) is 4.79 Å². The van der Waals surface area contributed by atoms with Crippen molar-refractivity contribution < 1.29 is 9.53 Å². The number of nitrogens with one attached hydrogen (secondary N) is 2. The van der Waals surface area contributed by atoms with Crippen LogP contribution in [0, 0.1) is 6.92 Å². The Kier molecular flexibility index (Phi) is 4.36. The molecule has 2 fully saturated rings. The Labute approximate surface area is 130 Å². The number of ether oxygens (including phenoxy) is 1. The van der Waals surface area contributed by atoms with Crippen LogP contribution < -0.4 is 15.4 Å². The average molecular weight is 309 g/mol. The van der Waals surface area contributed by atoms with Gasteiger partial charge in [-0.25, -0.2) is 0 Å². The molecule has 3 rings (SSSR count). The summed E-state index contributed by atoms with van der Waals surface area (Å²) in [6.45, 7) is 1.97. The second kappa shape index (κ2) is 6.24. The highest BCUT2D eigenvalue weighted by molar-refractivity contribution is 6.31. The topological polar surface area (TPSA) is 50.4 Å². The fourth-order valence-corrected chi connectivity index (χ4v) is 3.42. The highest BCUT2D eigenvalue weighted by Gasteiger charge is 2.33. The number of piperidine rings is 1. The number of halogens is 1. The maximum absolute atomic E-state index is 12.0. The fourth-order valence-electron chi connectivity index (χ4n) is 3.30. The smallest absolute Gasteiger partial charge is 0.258 e. The van der Waals surface area contributed by atoms with Crippen LogP contribution in [0.15, 0.2) is 18.2 Å². The lowest BCUT2D eigenvalue weighted by Gasteiger charge is -2.29. The standard InChI is InChI=1S/C16H21ClN2O2/c1-10-6-14(4-5-15(10)17)21-9-16(20)19-13-7-11-2-3-12(8-13)18-11/h4-6,11-13,18H,2-3,7-9H2,1H3,(H,19,20). The Hall–Kier alpha value is -1.26. The van der Waals surface area contributed by atoms with Crippen molar-refractivity contribution in [3.8, 4) is 5.75 Å². The summed E-state index contributed by atoms with van der Waals surface area (Å²) in [4.78, 5) is 12.0. The van der Waals surface area contributed by atoms with Crippen molar-refractivity contribution in [2.45, 2.75) is 50.7 Å².